The van der Waals surface area contributed by atoms with Crippen molar-refractivity contribution in [3.8, 4) is 0 Å². The summed E-state index contributed by atoms with van der Waals surface area (Å²) in [5.74, 6) is -1.41. The Hall–Kier alpha value is -2.79. The number of hydrogen-bond acceptors (Lipinski definition) is 5. The first-order valence-electron chi connectivity index (χ1n) is 10.6. The fourth-order valence-corrected chi connectivity index (χ4v) is 5.73. The summed E-state index contributed by atoms with van der Waals surface area (Å²) in [5, 5.41) is 6.94. The molecule has 1 aromatic carbocycles. The largest absolute Gasteiger partial charge is 0.349 e. The average molecular weight is 464 g/mol. The van der Waals surface area contributed by atoms with Crippen LogP contribution < -0.4 is 5.32 Å². The second-order valence-corrected chi connectivity index (χ2v) is 10.1. The number of carbonyl (C=O) groups excluding carboxylic acids is 2. The number of benzene rings is 1. The highest BCUT2D eigenvalue weighted by Crippen LogP contribution is 2.25. The zero-order valence-corrected chi connectivity index (χ0v) is 18.6. The van der Waals surface area contributed by atoms with E-state index in [0.29, 0.717) is 44.6 Å². The third-order valence-corrected chi connectivity index (χ3v) is 7.86. The maximum Gasteiger partial charge on any atom is 0.254 e. The molecule has 2 aliphatic heterocycles. The average Bonchev–Trinajstić information content (AvgIpc) is 3.46. The number of nitrogens with zero attached hydrogens (tertiary/aromatic N) is 4. The molecule has 1 aromatic heterocycles. The van der Waals surface area contributed by atoms with Crippen LogP contribution in [0.2, 0.25) is 0 Å². The van der Waals surface area contributed by atoms with Gasteiger partial charge in [0.2, 0.25) is 10.0 Å². The third kappa shape index (κ3) is 4.53. The van der Waals surface area contributed by atoms with Crippen LogP contribution >= 0.6 is 0 Å². The number of likely N-dealkylation sites (tertiary alicyclic amines) is 1. The summed E-state index contributed by atoms with van der Waals surface area (Å²) in [4.78, 5) is 26.4. The Morgan fingerprint density at radius 3 is 2.41 bits per heavy atom. The molecule has 0 saturated carbocycles. The summed E-state index contributed by atoms with van der Waals surface area (Å²) in [5.41, 5.74) is 0.617. The van der Waals surface area contributed by atoms with Gasteiger partial charge < -0.3 is 10.2 Å². The van der Waals surface area contributed by atoms with Crippen molar-refractivity contribution in [3.63, 3.8) is 0 Å². The molecule has 0 atom stereocenters. The van der Waals surface area contributed by atoms with Crippen molar-refractivity contribution in [2.24, 2.45) is 7.05 Å². The highest BCUT2D eigenvalue weighted by molar-refractivity contribution is 7.89. The van der Waals surface area contributed by atoms with Gasteiger partial charge in [-0.3, -0.25) is 14.3 Å². The molecule has 0 bridgehead atoms. The molecular formula is C21H26FN5O4S. The minimum absolute atomic E-state index is 0.0777. The predicted octanol–water partition coefficient (Wildman–Crippen LogP) is 1.38. The van der Waals surface area contributed by atoms with Crippen LogP contribution in [-0.4, -0.2) is 71.4 Å². The number of sulfonamides is 1. The highest BCUT2D eigenvalue weighted by atomic mass is 32.2. The van der Waals surface area contributed by atoms with E-state index in [-0.39, 0.29) is 23.4 Å². The highest BCUT2D eigenvalue weighted by Gasteiger charge is 2.31. The Balaban J connectivity index is 1.40. The number of carbonyl (C=O) groups is 2. The fraction of sp³-hybridized carbons (Fsp3) is 0.476. The summed E-state index contributed by atoms with van der Waals surface area (Å²) in [6.07, 6.45) is 5.75. The van der Waals surface area contributed by atoms with Crippen molar-refractivity contribution >= 4 is 21.8 Å². The van der Waals surface area contributed by atoms with Gasteiger partial charge in [0, 0.05) is 51.0 Å². The minimum Gasteiger partial charge on any atom is -0.349 e. The van der Waals surface area contributed by atoms with Gasteiger partial charge in [0.25, 0.3) is 11.8 Å². The van der Waals surface area contributed by atoms with Crippen LogP contribution in [0.4, 0.5) is 4.39 Å². The smallest absolute Gasteiger partial charge is 0.254 e. The van der Waals surface area contributed by atoms with E-state index in [0.717, 1.165) is 25.0 Å². The summed E-state index contributed by atoms with van der Waals surface area (Å²) in [7, 11) is -2.24. The van der Waals surface area contributed by atoms with Crippen LogP contribution in [0, 0.1) is 5.82 Å². The first kappa shape index (κ1) is 22.4. The zero-order valence-electron chi connectivity index (χ0n) is 17.8. The molecule has 2 aliphatic rings. The molecule has 2 amide bonds. The monoisotopic (exact) mass is 463 g/mol. The lowest BCUT2D eigenvalue weighted by Crippen LogP contribution is -2.46. The van der Waals surface area contributed by atoms with E-state index >= 15 is 0 Å². The van der Waals surface area contributed by atoms with Crippen LogP contribution in [0.25, 0.3) is 0 Å². The van der Waals surface area contributed by atoms with Gasteiger partial charge in [-0.25, -0.2) is 12.8 Å². The molecule has 32 heavy (non-hydrogen) atoms. The number of piperidine rings is 1. The first-order chi connectivity index (χ1) is 15.3. The van der Waals surface area contributed by atoms with Crippen LogP contribution in [0.5, 0.6) is 0 Å². The molecule has 1 N–H and O–H groups in total. The predicted molar refractivity (Wildman–Crippen MR) is 114 cm³/mol. The maximum absolute atomic E-state index is 14.4. The maximum atomic E-state index is 14.4. The van der Waals surface area contributed by atoms with Crippen molar-refractivity contribution in [1.29, 1.82) is 0 Å². The van der Waals surface area contributed by atoms with Gasteiger partial charge in [-0.2, -0.15) is 9.40 Å². The molecule has 9 nitrogen and oxygen atoms in total. The number of aromatic nitrogens is 2. The summed E-state index contributed by atoms with van der Waals surface area (Å²) in [6.45, 7) is 1.53. The van der Waals surface area contributed by atoms with Gasteiger partial charge in [-0.15, -0.1) is 0 Å². The van der Waals surface area contributed by atoms with Gasteiger partial charge in [-0.1, -0.05) is 0 Å². The second-order valence-electron chi connectivity index (χ2n) is 8.20. The molecule has 2 fully saturated rings. The molecule has 0 aliphatic carbocycles. The van der Waals surface area contributed by atoms with Crippen LogP contribution in [0.1, 0.15) is 46.4 Å². The van der Waals surface area contributed by atoms with E-state index in [4.69, 9.17) is 0 Å². The molecule has 0 spiro atoms. The van der Waals surface area contributed by atoms with E-state index in [9.17, 15) is 22.4 Å². The number of nitrogens with one attached hydrogen (secondary N) is 1. The number of amides is 2. The van der Waals surface area contributed by atoms with E-state index in [1.807, 2.05) is 0 Å². The lowest BCUT2D eigenvalue weighted by molar-refractivity contribution is 0.0697. The fourth-order valence-electron chi connectivity index (χ4n) is 4.12. The van der Waals surface area contributed by atoms with Crippen LogP contribution in [0.15, 0.2) is 35.5 Å². The van der Waals surface area contributed by atoms with Gasteiger partial charge in [0.05, 0.1) is 11.8 Å². The van der Waals surface area contributed by atoms with Gasteiger partial charge in [-0.05, 0) is 43.9 Å². The van der Waals surface area contributed by atoms with E-state index in [1.54, 1.807) is 22.8 Å². The Labute approximate surface area is 186 Å². The zero-order chi connectivity index (χ0) is 22.9. The number of rotatable bonds is 5. The molecule has 3 heterocycles. The Morgan fingerprint density at radius 1 is 1.09 bits per heavy atom. The van der Waals surface area contributed by atoms with Crippen LogP contribution in [0.3, 0.4) is 0 Å². The minimum atomic E-state index is -3.97. The van der Waals surface area contributed by atoms with Crippen molar-refractivity contribution in [1.82, 2.24) is 24.3 Å². The van der Waals surface area contributed by atoms with Crippen molar-refractivity contribution in [3.05, 3.63) is 47.5 Å². The van der Waals surface area contributed by atoms with Crippen molar-refractivity contribution < 1.29 is 22.4 Å². The summed E-state index contributed by atoms with van der Waals surface area (Å²) >= 11 is 0. The molecule has 0 radical (unpaired) electrons. The van der Waals surface area contributed by atoms with Gasteiger partial charge >= 0.3 is 0 Å². The molecular weight excluding hydrogens is 437 g/mol. The molecule has 4 rings (SSSR count). The van der Waals surface area contributed by atoms with E-state index < -0.39 is 20.7 Å². The molecule has 11 heteroatoms. The Kier molecular flexibility index (Phi) is 6.29. The molecule has 0 unspecified atom stereocenters. The number of halogens is 1. The SMILES string of the molecule is Cn1cc(C(=O)NC2CCN(C(=O)c3ccc(F)c(S(=O)(=O)N4CCCC4)c3)CC2)cn1. The Morgan fingerprint density at radius 2 is 1.78 bits per heavy atom. The standard InChI is InChI=1S/C21H26FN5O4S/c1-25-14-16(13-23-25)20(28)24-17-6-10-26(11-7-17)21(29)15-4-5-18(22)19(12-15)32(30,31)27-8-2-3-9-27/h4-5,12-14,17H,2-3,6-11H2,1H3,(H,24,28). The van der Waals surface area contributed by atoms with Gasteiger partial charge in [0.1, 0.15) is 10.7 Å². The second kappa shape index (κ2) is 8.99. The third-order valence-electron chi connectivity index (χ3n) is 5.95. The molecule has 2 aromatic rings. The normalized spacial score (nSPS) is 18.1. The number of hydrogen-bond donors (Lipinski definition) is 1. The van der Waals surface area contributed by atoms with E-state index in [1.165, 1.54) is 16.6 Å². The lowest BCUT2D eigenvalue weighted by Gasteiger charge is -2.32. The number of aryl methyl sites for hydroxylation is 1. The topological polar surface area (TPSA) is 105 Å². The molecule has 2 saturated heterocycles. The lowest BCUT2D eigenvalue weighted by atomic mass is 10.0. The van der Waals surface area contributed by atoms with Gasteiger partial charge in [0.15, 0.2) is 0 Å². The van der Waals surface area contributed by atoms with Crippen LogP contribution in [-0.2, 0) is 17.1 Å². The van der Waals surface area contributed by atoms with E-state index in [2.05, 4.69) is 10.4 Å². The summed E-state index contributed by atoms with van der Waals surface area (Å²) in [6, 6.07) is 3.42. The molecule has 172 valence electrons. The van der Waals surface area contributed by atoms with Crippen molar-refractivity contribution in [2.45, 2.75) is 36.6 Å². The first-order valence-corrected chi connectivity index (χ1v) is 12.1. The van der Waals surface area contributed by atoms with Crippen molar-refractivity contribution in [2.75, 3.05) is 26.2 Å². The Bertz CT molecular complexity index is 1120. The quantitative estimate of drug-likeness (QED) is 0.721. The summed E-state index contributed by atoms with van der Waals surface area (Å²) < 4.78 is 42.7.